The van der Waals surface area contributed by atoms with Crippen LogP contribution in [-0.2, 0) is 10.2 Å². The number of nitrogens with two attached hydrogens (primary N) is 1. The Bertz CT molecular complexity index is 358. The van der Waals surface area contributed by atoms with Gasteiger partial charge in [-0.2, -0.15) is 17.4 Å². The molecule has 0 aromatic heterocycles. The first kappa shape index (κ1) is 15.1. The summed E-state index contributed by atoms with van der Waals surface area (Å²) < 4.78 is 27.1. The molecule has 16 heavy (non-hydrogen) atoms. The number of rotatable bonds is 4. The Balaban J connectivity index is 4.92. The molecule has 0 aliphatic carbocycles. The Hall–Kier alpha value is -0.860. The van der Waals surface area contributed by atoms with E-state index in [1.165, 1.54) is 14.0 Å². The molecule has 0 aromatic carbocycles. The molecule has 96 valence electrons. The fourth-order valence-electron chi connectivity index (χ4n) is 0.937. The van der Waals surface area contributed by atoms with Crippen molar-refractivity contribution >= 4 is 16.0 Å². The van der Waals surface area contributed by atoms with Crippen LogP contribution in [0.5, 0.6) is 0 Å². The lowest BCUT2D eigenvalue weighted by Gasteiger charge is -2.28. The van der Waals surface area contributed by atoms with E-state index in [-0.39, 0.29) is 5.84 Å². The summed E-state index contributed by atoms with van der Waals surface area (Å²) in [5.41, 5.74) is 4.76. The molecule has 0 aliphatic heterocycles. The number of nitrogens with one attached hydrogen (secondary N) is 1. The van der Waals surface area contributed by atoms with Crippen LogP contribution in [0.2, 0.25) is 0 Å². The summed E-state index contributed by atoms with van der Waals surface area (Å²) in [6, 6.07) is -0.718. The molecule has 0 bridgehead atoms. The minimum Gasteiger partial charge on any atom is -0.409 e. The highest BCUT2D eigenvalue weighted by atomic mass is 32.2. The van der Waals surface area contributed by atoms with E-state index < -0.39 is 21.8 Å². The van der Waals surface area contributed by atoms with E-state index in [9.17, 15) is 8.42 Å². The Kier molecular flexibility index (Phi) is 4.71. The maximum Gasteiger partial charge on any atom is 0.280 e. The van der Waals surface area contributed by atoms with Crippen LogP contribution in [0.15, 0.2) is 5.16 Å². The van der Waals surface area contributed by atoms with Crippen molar-refractivity contribution in [3.63, 3.8) is 0 Å². The fourth-order valence-corrected chi connectivity index (χ4v) is 2.38. The summed E-state index contributed by atoms with van der Waals surface area (Å²) in [5, 5.41) is 11.3. The van der Waals surface area contributed by atoms with Crippen molar-refractivity contribution in [1.82, 2.24) is 9.03 Å². The van der Waals surface area contributed by atoms with Crippen molar-refractivity contribution in [2.24, 2.45) is 10.9 Å². The third-order valence-electron chi connectivity index (χ3n) is 1.90. The Morgan fingerprint density at radius 1 is 1.50 bits per heavy atom. The topological polar surface area (TPSA) is 108 Å². The van der Waals surface area contributed by atoms with Gasteiger partial charge in [0.2, 0.25) is 0 Å². The summed E-state index contributed by atoms with van der Waals surface area (Å²) in [6.07, 6.45) is 0. The molecule has 7 nitrogen and oxygen atoms in total. The van der Waals surface area contributed by atoms with Gasteiger partial charge >= 0.3 is 0 Å². The Morgan fingerprint density at radius 2 is 1.94 bits per heavy atom. The molecule has 0 rings (SSSR count). The predicted octanol–water partition coefficient (Wildman–Crippen LogP) is -0.314. The molecule has 4 N–H and O–H groups in total. The van der Waals surface area contributed by atoms with E-state index in [0.717, 1.165) is 4.31 Å². The van der Waals surface area contributed by atoms with Crippen LogP contribution in [0.25, 0.3) is 0 Å². The number of likely N-dealkylation sites (N-methyl/N-ethyl adjacent to an activating group) is 1. The number of hydrogen-bond donors (Lipinski definition) is 3. The van der Waals surface area contributed by atoms with Gasteiger partial charge in [0.25, 0.3) is 10.2 Å². The molecule has 1 unspecified atom stereocenters. The maximum atomic E-state index is 11.8. The van der Waals surface area contributed by atoms with E-state index in [2.05, 4.69) is 9.88 Å². The molecule has 0 saturated carbocycles. The van der Waals surface area contributed by atoms with Gasteiger partial charge in [-0.25, -0.2) is 0 Å². The van der Waals surface area contributed by atoms with Gasteiger partial charge in [0.15, 0.2) is 5.84 Å². The fraction of sp³-hybridized carbons (Fsp3) is 0.875. The average Bonchev–Trinajstić information content (AvgIpc) is 2.10. The molecule has 0 aromatic rings. The quantitative estimate of drug-likeness (QED) is 0.276. The monoisotopic (exact) mass is 252 g/mol. The van der Waals surface area contributed by atoms with E-state index in [1.54, 1.807) is 20.8 Å². The van der Waals surface area contributed by atoms with Crippen LogP contribution in [-0.4, -0.2) is 42.4 Å². The van der Waals surface area contributed by atoms with Gasteiger partial charge in [-0.3, -0.25) is 0 Å². The molecule has 8 heteroatoms. The van der Waals surface area contributed by atoms with Crippen molar-refractivity contribution in [2.45, 2.75) is 39.3 Å². The molecule has 0 radical (unpaired) electrons. The van der Waals surface area contributed by atoms with E-state index in [0.29, 0.717) is 0 Å². The minimum absolute atomic E-state index is 0.165. The largest absolute Gasteiger partial charge is 0.409 e. The third kappa shape index (κ3) is 4.33. The summed E-state index contributed by atoms with van der Waals surface area (Å²) in [5.74, 6) is -0.165. The van der Waals surface area contributed by atoms with Crippen LogP contribution in [0.4, 0.5) is 0 Å². The zero-order chi connectivity index (χ0) is 13.1. The van der Waals surface area contributed by atoms with E-state index in [4.69, 9.17) is 10.9 Å². The lowest BCUT2D eigenvalue weighted by molar-refractivity contribution is 0.311. The van der Waals surface area contributed by atoms with Crippen molar-refractivity contribution < 1.29 is 13.6 Å². The first-order chi connectivity index (χ1) is 7.01. The lowest BCUT2D eigenvalue weighted by atomic mass is 10.1. The van der Waals surface area contributed by atoms with Gasteiger partial charge in [0, 0.05) is 12.6 Å². The molecule has 0 saturated heterocycles. The second-order valence-electron chi connectivity index (χ2n) is 4.57. The second kappa shape index (κ2) is 4.98. The Morgan fingerprint density at radius 3 is 2.25 bits per heavy atom. The summed E-state index contributed by atoms with van der Waals surface area (Å²) in [7, 11) is -2.30. The normalized spacial score (nSPS) is 16.5. The smallest absolute Gasteiger partial charge is 0.280 e. The highest BCUT2D eigenvalue weighted by Gasteiger charge is 2.29. The van der Waals surface area contributed by atoms with Crippen LogP contribution in [0.3, 0.4) is 0 Å². The number of oxime groups is 1. The van der Waals surface area contributed by atoms with Gasteiger partial charge in [0.05, 0.1) is 6.04 Å². The highest BCUT2D eigenvalue weighted by Crippen LogP contribution is 2.08. The molecule has 1 atom stereocenters. The van der Waals surface area contributed by atoms with Gasteiger partial charge in [0.1, 0.15) is 0 Å². The van der Waals surface area contributed by atoms with Crippen LogP contribution < -0.4 is 10.5 Å². The van der Waals surface area contributed by atoms with Gasteiger partial charge < -0.3 is 10.9 Å². The van der Waals surface area contributed by atoms with E-state index >= 15 is 0 Å². The van der Waals surface area contributed by atoms with Crippen molar-refractivity contribution in [2.75, 3.05) is 7.05 Å². The number of nitrogens with zero attached hydrogens (tertiary/aromatic N) is 2. The summed E-state index contributed by atoms with van der Waals surface area (Å²) in [4.78, 5) is 0. The first-order valence-electron chi connectivity index (χ1n) is 4.75. The minimum atomic E-state index is -3.66. The second-order valence-corrected chi connectivity index (χ2v) is 6.30. The van der Waals surface area contributed by atoms with Crippen LogP contribution in [0, 0.1) is 0 Å². The first-order valence-corrected chi connectivity index (χ1v) is 6.19. The maximum absolute atomic E-state index is 11.8. The molecule has 0 amide bonds. The third-order valence-corrected chi connectivity index (χ3v) is 3.85. The predicted molar refractivity (Wildman–Crippen MR) is 62.4 cm³/mol. The Labute approximate surface area is 96.5 Å². The molecule has 0 heterocycles. The van der Waals surface area contributed by atoms with Crippen molar-refractivity contribution in [1.29, 1.82) is 0 Å². The SMILES string of the molecule is CC(C(N)=NO)N(C)S(=O)(=O)NC(C)(C)C. The summed E-state index contributed by atoms with van der Waals surface area (Å²) >= 11 is 0. The number of hydrogen-bond acceptors (Lipinski definition) is 4. The highest BCUT2D eigenvalue weighted by molar-refractivity contribution is 7.87. The van der Waals surface area contributed by atoms with Gasteiger partial charge in [-0.05, 0) is 27.7 Å². The van der Waals surface area contributed by atoms with Crippen LogP contribution in [0.1, 0.15) is 27.7 Å². The van der Waals surface area contributed by atoms with Crippen molar-refractivity contribution in [3.8, 4) is 0 Å². The zero-order valence-corrected chi connectivity index (χ0v) is 11.0. The summed E-state index contributed by atoms with van der Waals surface area (Å²) in [6.45, 7) is 6.71. The number of amidine groups is 1. The van der Waals surface area contributed by atoms with Gasteiger partial charge in [-0.1, -0.05) is 5.16 Å². The van der Waals surface area contributed by atoms with Crippen LogP contribution >= 0.6 is 0 Å². The molecule has 0 aliphatic rings. The lowest BCUT2D eigenvalue weighted by Crippen LogP contribution is -2.52. The molecule has 0 fully saturated rings. The average molecular weight is 252 g/mol. The zero-order valence-electron chi connectivity index (χ0n) is 10.2. The standard InChI is InChI=1S/C8H20N4O3S/c1-6(7(9)10-13)12(5)16(14,15)11-8(2,3)4/h6,11,13H,1-5H3,(H2,9,10). The van der Waals surface area contributed by atoms with Gasteiger partial charge in [-0.15, -0.1) is 0 Å². The molecule has 0 spiro atoms. The van der Waals surface area contributed by atoms with E-state index in [1.807, 2.05) is 0 Å². The molecular weight excluding hydrogens is 232 g/mol. The molecular formula is C8H20N4O3S. The van der Waals surface area contributed by atoms with Crippen molar-refractivity contribution in [3.05, 3.63) is 0 Å².